The number of hydrogen-bond acceptors (Lipinski definition) is 3. The number of rotatable bonds is 3. The first-order valence-corrected chi connectivity index (χ1v) is 8.01. The molecule has 0 saturated heterocycles. The first kappa shape index (κ1) is 14.6. The van der Waals surface area contributed by atoms with Crippen molar-refractivity contribution in [3.05, 3.63) is 51.2 Å². The molecule has 19 heavy (non-hydrogen) atoms. The molecule has 1 heterocycles. The fourth-order valence-corrected chi connectivity index (χ4v) is 3.13. The van der Waals surface area contributed by atoms with Crippen LogP contribution in [0.4, 0.5) is 5.69 Å². The zero-order valence-corrected chi connectivity index (χ0v) is 13.2. The molecule has 0 amide bonds. The lowest BCUT2D eigenvalue weighted by Crippen LogP contribution is -2.13. The van der Waals surface area contributed by atoms with Crippen molar-refractivity contribution in [2.75, 3.05) is 4.72 Å². The van der Waals surface area contributed by atoms with Crippen LogP contribution in [0.5, 0.6) is 0 Å². The van der Waals surface area contributed by atoms with E-state index in [2.05, 4.69) is 25.6 Å². The molecule has 0 unspecified atom stereocenters. The highest BCUT2D eigenvalue weighted by Crippen LogP contribution is 2.24. The third kappa shape index (κ3) is 3.60. The number of anilines is 1. The second-order valence-corrected chi connectivity index (χ2v) is 6.89. The molecule has 2 aromatic rings. The van der Waals surface area contributed by atoms with Crippen molar-refractivity contribution in [1.82, 2.24) is 4.98 Å². The zero-order chi connectivity index (χ0) is 14.0. The van der Waals surface area contributed by atoms with E-state index in [0.717, 1.165) is 0 Å². The van der Waals surface area contributed by atoms with E-state index >= 15 is 0 Å². The maximum Gasteiger partial charge on any atom is 0.263 e. The molecular formula is C11H7BrCl2N2O2S. The van der Waals surface area contributed by atoms with Crippen molar-refractivity contribution >= 4 is 54.8 Å². The molecule has 0 atom stereocenters. The van der Waals surface area contributed by atoms with Gasteiger partial charge in [0.15, 0.2) is 0 Å². The summed E-state index contributed by atoms with van der Waals surface area (Å²) in [5.41, 5.74) is 0.374. The summed E-state index contributed by atoms with van der Waals surface area (Å²) in [4.78, 5) is 3.78. The number of nitrogens with zero attached hydrogens (tertiary/aromatic N) is 1. The van der Waals surface area contributed by atoms with E-state index in [0.29, 0.717) is 15.2 Å². The number of halogens is 3. The normalized spacial score (nSPS) is 11.3. The largest absolute Gasteiger partial charge is 0.280 e. The van der Waals surface area contributed by atoms with Crippen molar-refractivity contribution in [2.24, 2.45) is 0 Å². The van der Waals surface area contributed by atoms with Crippen molar-refractivity contribution < 1.29 is 8.42 Å². The van der Waals surface area contributed by atoms with Crippen LogP contribution < -0.4 is 4.72 Å². The first-order valence-electron chi connectivity index (χ1n) is 4.98. The second-order valence-electron chi connectivity index (χ2n) is 3.56. The highest BCUT2D eigenvalue weighted by molar-refractivity contribution is 9.10. The standard InChI is InChI=1S/C11H7BrCl2N2O2S/c12-10-5-9(6-15-11(10)14)19(17,18)16-8-3-1-2-7(13)4-8/h1-6,16H. The lowest BCUT2D eigenvalue weighted by atomic mass is 10.3. The average Bonchev–Trinajstić information content (AvgIpc) is 2.32. The molecule has 0 radical (unpaired) electrons. The minimum atomic E-state index is -3.73. The topological polar surface area (TPSA) is 59.1 Å². The quantitative estimate of drug-likeness (QED) is 0.818. The van der Waals surface area contributed by atoms with Crippen LogP contribution in [-0.4, -0.2) is 13.4 Å². The van der Waals surface area contributed by atoms with Crippen LogP contribution in [0.25, 0.3) is 0 Å². The molecule has 0 spiro atoms. The van der Waals surface area contributed by atoms with Crippen molar-refractivity contribution in [1.29, 1.82) is 0 Å². The van der Waals surface area contributed by atoms with Gasteiger partial charge in [0.1, 0.15) is 10.0 Å². The van der Waals surface area contributed by atoms with E-state index in [1.165, 1.54) is 18.3 Å². The fraction of sp³-hybridized carbons (Fsp3) is 0. The van der Waals surface area contributed by atoms with Crippen LogP contribution in [0.3, 0.4) is 0 Å². The fourth-order valence-electron chi connectivity index (χ4n) is 1.32. The predicted octanol–water partition coefficient (Wildman–Crippen LogP) is 3.95. The van der Waals surface area contributed by atoms with E-state index < -0.39 is 10.0 Å². The third-order valence-corrected chi connectivity index (χ3v) is 4.88. The molecule has 0 aliphatic heterocycles. The lowest BCUT2D eigenvalue weighted by Gasteiger charge is -2.08. The number of nitrogens with one attached hydrogen (secondary N) is 1. The van der Waals surface area contributed by atoms with Gasteiger partial charge in [0.25, 0.3) is 10.0 Å². The molecule has 0 saturated carbocycles. The van der Waals surface area contributed by atoms with E-state index in [-0.39, 0.29) is 10.0 Å². The summed E-state index contributed by atoms with van der Waals surface area (Å²) in [5, 5.41) is 0.636. The van der Waals surface area contributed by atoms with Crippen molar-refractivity contribution in [3.8, 4) is 0 Å². The molecule has 0 aliphatic carbocycles. The molecule has 8 heteroatoms. The van der Waals surface area contributed by atoms with Gasteiger partial charge in [-0.15, -0.1) is 0 Å². The molecule has 100 valence electrons. The van der Waals surface area contributed by atoms with Gasteiger partial charge in [-0.25, -0.2) is 13.4 Å². The van der Waals surface area contributed by atoms with Crippen LogP contribution in [-0.2, 0) is 10.0 Å². The Kier molecular flexibility index (Phi) is 4.35. The summed E-state index contributed by atoms with van der Waals surface area (Å²) in [6, 6.07) is 7.79. The summed E-state index contributed by atoms with van der Waals surface area (Å²) in [6.45, 7) is 0. The van der Waals surface area contributed by atoms with Gasteiger partial charge in [-0.05, 0) is 40.2 Å². The number of sulfonamides is 1. The monoisotopic (exact) mass is 380 g/mol. The Labute approximate surface area is 128 Å². The third-order valence-electron chi connectivity index (χ3n) is 2.16. The van der Waals surface area contributed by atoms with Crippen molar-refractivity contribution in [3.63, 3.8) is 0 Å². The van der Waals surface area contributed by atoms with Crippen molar-refractivity contribution in [2.45, 2.75) is 4.90 Å². The maximum absolute atomic E-state index is 12.1. The average molecular weight is 382 g/mol. The highest BCUT2D eigenvalue weighted by Gasteiger charge is 2.16. The zero-order valence-electron chi connectivity index (χ0n) is 9.27. The van der Waals surface area contributed by atoms with Gasteiger partial charge in [0, 0.05) is 11.2 Å². The molecule has 2 rings (SSSR count). The Morgan fingerprint density at radius 1 is 1.21 bits per heavy atom. The van der Waals surface area contributed by atoms with E-state index in [1.54, 1.807) is 18.2 Å². The van der Waals surface area contributed by atoms with Gasteiger partial charge in [-0.2, -0.15) is 0 Å². The van der Waals surface area contributed by atoms with E-state index in [1.807, 2.05) is 0 Å². The summed E-state index contributed by atoms with van der Waals surface area (Å²) in [7, 11) is -3.73. The van der Waals surface area contributed by atoms with E-state index in [4.69, 9.17) is 23.2 Å². The SMILES string of the molecule is O=S(=O)(Nc1cccc(Cl)c1)c1cnc(Cl)c(Br)c1. The first-order chi connectivity index (χ1) is 8.88. The number of benzene rings is 1. The van der Waals surface area contributed by atoms with Gasteiger partial charge >= 0.3 is 0 Å². The number of aromatic nitrogens is 1. The van der Waals surface area contributed by atoms with Crippen LogP contribution in [0.1, 0.15) is 0 Å². The molecular weight excluding hydrogens is 375 g/mol. The Morgan fingerprint density at radius 3 is 2.58 bits per heavy atom. The molecule has 0 fully saturated rings. The summed E-state index contributed by atoms with van der Waals surface area (Å²) in [6.07, 6.45) is 1.18. The van der Waals surface area contributed by atoms with E-state index in [9.17, 15) is 8.42 Å². The highest BCUT2D eigenvalue weighted by atomic mass is 79.9. The van der Waals surface area contributed by atoms with Gasteiger partial charge in [-0.1, -0.05) is 29.3 Å². The minimum Gasteiger partial charge on any atom is -0.280 e. The molecule has 0 aliphatic rings. The Bertz CT molecular complexity index is 722. The molecule has 1 N–H and O–H groups in total. The second kappa shape index (κ2) is 5.66. The Balaban J connectivity index is 2.35. The van der Waals surface area contributed by atoms with Crippen LogP contribution in [0, 0.1) is 0 Å². The summed E-state index contributed by atoms with van der Waals surface area (Å²) in [5.74, 6) is 0. The minimum absolute atomic E-state index is 0.00347. The number of hydrogen-bond donors (Lipinski definition) is 1. The Morgan fingerprint density at radius 2 is 1.95 bits per heavy atom. The molecule has 0 bridgehead atoms. The number of pyridine rings is 1. The van der Waals surface area contributed by atoms with Gasteiger partial charge in [0.2, 0.25) is 0 Å². The predicted molar refractivity (Wildman–Crippen MR) is 79.2 cm³/mol. The van der Waals surface area contributed by atoms with Gasteiger partial charge in [0.05, 0.1) is 10.2 Å². The van der Waals surface area contributed by atoms with Gasteiger partial charge in [-0.3, -0.25) is 4.72 Å². The lowest BCUT2D eigenvalue weighted by molar-refractivity contribution is 0.601. The molecule has 4 nitrogen and oxygen atoms in total. The van der Waals surface area contributed by atoms with Crippen LogP contribution in [0.15, 0.2) is 45.9 Å². The Hall–Kier alpha value is -0.820. The molecule has 1 aromatic carbocycles. The molecule has 1 aromatic heterocycles. The maximum atomic E-state index is 12.1. The smallest absolute Gasteiger partial charge is 0.263 e. The summed E-state index contributed by atoms with van der Waals surface area (Å²) < 4.78 is 27.0. The van der Waals surface area contributed by atoms with Crippen LogP contribution in [0.2, 0.25) is 10.2 Å². The van der Waals surface area contributed by atoms with Gasteiger partial charge < -0.3 is 0 Å². The summed E-state index contributed by atoms with van der Waals surface area (Å²) >= 11 is 14.6. The van der Waals surface area contributed by atoms with Crippen LogP contribution >= 0.6 is 39.1 Å².